The average molecular weight is 296 g/mol. The van der Waals surface area contributed by atoms with Crippen LogP contribution in [0.15, 0.2) is 18.2 Å². The van der Waals surface area contributed by atoms with Gasteiger partial charge in [-0.1, -0.05) is 30.5 Å². The molecule has 0 aromatic heterocycles. The Morgan fingerprint density at radius 2 is 1.85 bits per heavy atom. The molecule has 0 saturated heterocycles. The Hall–Kier alpha value is -1.09. The van der Waals surface area contributed by atoms with Crippen molar-refractivity contribution in [1.82, 2.24) is 4.90 Å². The third kappa shape index (κ3) is 2.83. The minimum atomic E-state index is -0.381. The van der Waals surface area contributed by atoms with Crippen molar-refractivity contribution in [3.63, 3.8) is 0 Å². The van der Waals surface area contributed by atoms with Gasteiger partial charge in [-0.3, -0.25) is 4.79 Å². The van der Waals surface area contributed by atoms with Crippen molar-refractivity contribution in [3.8, 4) is 0 Å². The molecule has 1 aromatic rings. The van der Waals surface area contributed by atoms with Gasteiger partial charge in [0.25, 0.3) is 0 Å². The van der Waals surface area contributed by atoms with E-state index in [9.17, 15) is 9.18 Å². The van der Waals surface area contributed by atoms with Crippen LogP contribution in [0, 0.1) is 5.82 Å². The summed E-state index contributed by atoms with van der Waals surface area (Å²) >= 11 is 6.02. The number of carbonyl (C=O) groups is 1. The van der Waals surface area contributed by atoms with Crippen molar-refractivity contribution in [2.24, 2.45) is 0 Å². The first kappa shape index (κ1) is 13.9. The largest absolute Gasteiger partial charge is 0.336 e. The van der Waals surface area contributed by atoms with Crippen molar-refractivity contribution >= 4 is 17.5 Å². The van der Waals surface area contributed by atoms with Crippen LogP contribution < -0.4 is 0 Å². The molecule has 4 heteroatoms. The van der Waals surface area contributed by atoms with Gasteiger partial charge in [0.15, 0.2) is 0 Å². The van der Waals surface area contributed by atoms with Crippen LogP contribution in [0.25, 0.3) is 0 Å². The molecule has 2 aliphatic rings. The number of nitrogens with zero attached hydrogens (tertiary/aromatic N) is 1. The summed E-state index contributed by atoms with van der Waals surface area (Å²) in [5, 5.41) is 0.348. The lowest BCUT2D eigenvalue weighted by Gasteiger charge is -2.29. The Bertz CT molecular complexity index is 489. The standard InChI is InChI=1S/C16H19ClFNO/c17-14-6-3-7-15(18)13(14)10-16(20)19(12-8-9-12)11-4-1-2-5-11/h3,6-7,11-12H,1-2,4-5,8-10H2. The number of rotatable bonds is 4. The smallest absolute Gasteiger partial charge is 0.227 e. The Labute approximate surface area is 123 Å². The van der Waals surface area contributed by atoms with E-state index in [-0.39, 0.29) is 18.1 Å². The van der Waals surface area contributed by atoms with E-state index in [4.69, 9.17) is 11.6 Å². The minimum Gasteiger partial charge on any atom is -0.336 e. The number of hydrogen-bond donors (Lipinski definition) is 0. The average Bonchev–Trinajstić information content (AvgIpc) is 3.09. The molecule has 2 fully saturated rings. The van der Waals surface area contributed by atoms with Gasteiger partial charge in [0.2, 0.25) is 5.91 Å². The van der Waals surface area contributed by atoms with Crippen molar-refractivity contribution < 1.29 is 9.18 Å². The van der Waals surface area contributed by atoms with Crippen LogP contribution in [0.5, 0.6) is 0 Å². The Balaban J connectivity index is 1.76. The number of carbonyl (C=O) groups excluding carboxylic acids is 1. The highest BCUT2D eigenvalue weighted by Crippen LogP contribution is 2.35. The maximum Gasteiger partial charge on any atom is 0.227 e. The molecule has 2 saturated carbocycles. The SMILES string of the molecule is O=C(Cc1c(F)cccc1Cl)N(C1CCCC1)C1CC1. The van der Waals surface area contributed by atoms with Gasteiger partial charge in [-0.05, 0) is 37.8 Å². The van der Waals surface area contributed by atoms with Crippen LogP contribution in [0.3, 0.4) is 0 Å². The number of hydrogen-bond acceptors (Lipinski definition) is 1. The van der Waals surface area contributed by atoms with Gasteiger partial charge in [-0.25, -0.2) is 4.39 Å². The van der Waals surface area contributed by atoms with Crippen molar-refractivity contribution in [2.45, 2.75) is 57.0 Å². The predicted octanol–water partition coefficient (Wildman–Crippen LogP) is 3.96. The molecule has 0 radical (unpaired) electrons. The highest BCUT2D eigenvalue weighted by Gasteiger charge is 2.38. The molecular weight excluding hydrogens is 277 g/mol. The highest BCUT2D eigenvalue weighted by molar-refractivity contribution is 6.31. The van der Waals surface area contributed by atoms with E-state index >= 15 is 0 Å². The van der Waals surface area contributed by atoms with Crippen LogP contribution >= 0.6 is 11.6 Å². The van der Waals surface area contributed by atoms with Gasteiger partial charge >= 0.3 is 0 Å². The lowest BCUT2D eigenvalue weighted by Crippen LogP contribution is -2.41. The monoisotopic (exact) mass is 295 g/mol. The first-order valence-electron chi connectivity index (χ1n) is 7.41. The molecule has 0 unspecified atom stereocenters. The molecule has 2 nitrogen and oxygen atoms in total. The topological polar surface area (TPSA) is 20.3 Å². The zero-order valence-electron chi connectivity index (χ0n) is 11.4. The van der Waals surface area contributed by atoms with Gasteiger partial charge in [0.05, 0.1) is 6.42 Å². The van der Waals surface area contributed by atoms with Crippen molar-refractivity contribution in [1.29, 1.82) is 0 Å². The Kier molecular flexibility index (Phi) is 3.97. The van der Waals surface area contributed by atoms with Crippen molar-refractivity contribution in [3.05, 3.63) is 34.6 Å². The molecule has 0 aliphatic heterocycles. The zero-order valence-corrected chi connectivity index (χ0v) is 12.2. The summed E-state index contributed by atoms with van der Waals surface area (Å²) < 4.78 is 13.8. The van der Waals surface area contributed by atoms with Gasteiger partial charge < -0.3 is 4.90 Å². The second-order valence-corrected chi connectivity index (χ2v) is 6.25. The van der Waals surface area contributed by atoms with E-state index in [0.717, 1.165) is 25.7 Å². The molecule has 0 bridgehead atoms. The maximum atomic E-state index is 13.8. The maximum absolute atomic E-state index is 13.8. The van der Waals surface area contributed by atoms with Gasteiger partial charge in [0, 0.05) is 22.7 Å². The lowest BCUT2D eigenvalue weighted by atomic mass is 10.1. The van der Waals surface area contributed by atoms with Crippen LogP contribution in [0.1, 0.15) is 44.1 Å². The quantitative estimate of drug-likeness (QED) is 0.823. The van der Waals surface area contributed by atoms with Gasteiger partial charge in [0.1, 0.15) is 5.82 Å². The Morgan fingerprint density at radius 3 is 2.45 bits per heavy atom. The van der Waals surface area contributed by atoms with E-state index in [1.54, 1.807) is 12.1 Å². The minimum absolute atomic E-state index is 0.0337. The predicted molar refractivity (Wildman–Crippen MR) is 77.2 cm³/mol. The van der Waals surface area contributed by atoms with Gasteiger partial charge in [-0.2, -0.15) is 0 Å². The first-order valence-corrected chi connectivity index (χ1v) is 7.78. The van der Waals surface area contributed by atoms with Crippen LogP contribution in [0.4, 0.5) is 4.39 Å². The van der Waals surface area contributed by atoms with Crippen LogP contribution in [-0.4, -0.2) is 22.9 Å². The molecular formula is C16H19ClFNO. The van der Waals surface area contributed by atoms with E-state index in [0.29, 0.717) is 22.7 Å². The first-order chi connectivity index (χ1) is 9.66. The second-order valence-electron chi connectivity index (χ2n) is 5.85. The molecule has 1 amide bonds. The fourth-order valence-electron chi connectivity index (χ4n) is 3.18. The van der Waals surface area contributed by atoms with E-state index < -0.39 is 0 Å². The summed E-state index contributed by atoms with van der Waals surface area (Å²) in [7, 11) is 0. The third-order valence-corrected chi connectivity index (χ3v) is 4.69. The highest BCUT2D eigenvalue weighted by atomic mass is 35.5. The van der Waals surface area contributed by atoms with Gasteiger partial charge in [-0.15, -0.1) is 0 Å². The van der Waals surface area contributed by atoms with Crippen molar-refractivity contribution in [2.75, 3.05) is 0 Å². The molecule has 1 aromatic carbocycles. The molecule has 0 heterocycles. The molecule has 108 valence electrons. The summed E-state index contributed by atoms with van der Waals surface area (Å²) in [6.07, 6.45) is 6.84. The number of halogens is 2. The summed E-state index contributed by atoms with van der Waals surface area (Å²) in [4.78, 5) is 14.6. The molecule has 0 atom stereocenters. The summed E-state index contributed by atoms with van der Waals surface area (Å²) in [5.41, 5.74) is 0.336. The molecule has 0 spiro atoms. The lowest BCUT2D eigenvalue weighted by molar-refractivity contribution is -0.133. The van der Waals surface area contributed by atoms with E-state index in [1.807, 2.05) is 4.90 Å². The summed E-state index contributed by atoms with van der Waals surface area (Å²) in [5.74, 6) is -0.348. The Morgan fingerprint density at radius 1 is 1.20 bits per heavy atom. The van der Waals surface area contributed by atoms with E-state index in [1.165, 1.54) is 18.9 Å². The fourth-order valence-corrected chi connectivity index (χ4v) is 3.41. The third-order valence-electron chi connectivity index (χ3n) is 4.34. The molecule has 20 heavy (non-hydrogen) atoms. The number of amides is 1. The molecule has 0 N–H and O–H groups in total. The normalized spacial score (nSPS) is 19.3. The molecule has 2 aliphatic carbocycles. The zero-order chi connectivity index (χ0) is 14.1. The molecule has 3 rings (SSSR count). The summed E-state index contributed by atoms with van der Waals surface area (Å²) in [6, 6.07) is 5.33. The van der Waals surface area contributed by atoms with Crippen LogP contribution in [-0.2, 0) is 11.2 Å². The summed E-state index contributed by atoms with van der Waals surface area (Å²) in [6.45, 7) is 0. The fraction of sp³-hybridized carbons (Fsp3) is 0.562. The van der Waals surface area contributed by atoms with E-state index in [2.05, 4.69) is 0 Å². The van der Waals surface area contributed by atoms with Crippen LogP contribution in [0.2, 0.25) is 5.02 Å². The second kappa shape index (κ2) is 5.72. The number of benzene rings is 1.